The van der Waals surface area contributed by atoms with E-state index in [1.54, 1.807) is 13.3 Å². The van der Waals surface area contributed by atoms with Gasteiger partial charge in [0.2, 0.25) is 0 Å². The molecule has 0 aliphatic heterocycles. The van der Waals surface area contributed by atoms with Gasteiger partial charge in [0, 0.05) is 18.9 Å². The minimum Gasteiger partial charge on any atom is -0.458 e. The number of carbonyl (C=O) groups is 1. The highest BCUT2D eigenvalue weighted by Crippen LogP contribution is 2.28. The Labute approximate surface area is 124 Å². The lowest BCUT2D eigenvalue weighted by molar-refractivity contribution is -0.0146. The molecule has 0 N–H and O–H groups in total. The van der Waals surface area contributed by atoms with E-state index in [4.69, 9.17) is 9.47 Å². The first kappa shape index (κ1) is 15.4. The van der Waals surface area contributed by atoms with Crippen molar-refractivity contribution in [1.82, 2.24) is 4.98 Å². The Kier molecular flexibility index (Phi) is 4.81. The van der Waals surface area contributed by atoms with Crippen molar-refractivity contribution in [2.24, 2.45) is 0 Å². The quantitative estimate of drug-likeness (QED) is 0.800. The Bertz CT molecular complexity index is 464. The lowest BCUT2D eigenvalue weighted by Gasteiger charge is -2.27. The molecule has 112 valence electrons. The number of thiazole rings is 1. The normalized spacial score (nSPS) is 23.6. The zero-order valence-electron chi connectivity index (χ0n) is 12.6. The number of hydrogen-bond acceptors (Lipinski definition) is 5. The first-order valence-electron chi connectivity index (χ1n) is 7.10. The Hall–Kier alpha value is -0.940. The second kappa shape index (κ2) is 6.22. The van der Waals surface area contributed by atoms with Gasteiger partial charge in [0.1, 0.15) is 11.0 Å². The predicted molar refractivity (Wildman–Crippen MR) is 79.3 cm³/mol. The molecule has 0 radical (unpaired) electrons. The lowest BCUT2D eigenvalue weighted by Crippen LogP contribution is -2.29. The summed E-state index contributed by atoms with van der Waals surface area (Å²) >= 11 is 1.43. The summed E-state index contributed by atoms with van der Waals surface area (Å²) in [5.41, 5.74) is -0.0326. The Morgan fingerprint density at radius 1 is 1.35 bits per heavy atom. The minimum atomic E-state index is -0.250. The van der Waals surface area contributed by atoms with Gasteiger partial charge in [-0.25, -0.2) is 9.78 Å². The van der Waals surface area contributed by atoms with E-state index >= 15 is 0 Å². The van der Waals surface area contributed by atoms with Gasteiger partial charge < -0.3 is 9.47 Å². The third-order valence-electron chi connectivity index (χ3n) is 3.53. The van der Waals surface area contributed by atoms with Crippen molar-refractivity contribution in [3.63, 3.8) is 0 Å². The summed E-state index contributed by atoms with van der Waals surface area (Å²) in [6, 6.07) is 0. The van der Waals surface area contributed by atoms with Crippen molar-refractivity contribution in [2.45, 2.75) is 64.1 Å². The topological polar surface area (TPSA) is 48.4 Å². The van der Waals surface area contributed by atoms with Gasteiger partial charge in [-0.15, -0.1) is 11.3 Å². The molecule has 20 heavy (non-hydrogen) atoms. The number of methoxy groups -OCH3 is 1. The summed E-state index contributed by atoms with van der Waals surface area (Å²) in [4.78, 5) is 17.1. The van der Waals surface area contributed by atoms with E-state index < -0.39 is 0 Å². The van der Waals surface area contributed by atoms with Crippen LogP contribution in [0.5, 0.6) is 0 Å². The molecular weight excluding hydrogens is 274 g/mol. The van der Waals surface area contributed by atoms with E-state index in [-0.39, 0.29) is 23.6 Å². The van der Waals surface area contributed by atoms with E-state index in [2.05, 4.69) is 25.8 Å². The van der Waals surface area contributed by atoms with Crippen molar-refractivity contribution in [1.29, 1.82) is 0 Å². The molecule has 0 saturated heterocycles. The molecule has 1 aromatic heterocycles. The van der Waals surface area contributed by atoms with Gasteiger partial charge in [0.25, 0.3) is 0 Å². The van der Waals surface area contributed by atoms with Crippen LogP contribution in [0.1, 0.15) is 61.1 Å². The highest BCUT2D eigenvalue weighted by atomic mass is 32.1. The highest BCUT2D eigenvalue weighted by molar-refractivity contribution is 7.13. The maximum atomic E-state index is 12.2. The van der Waals surface area contributed by atoms with E-state index in [0.29, 0.717) is 4.88 Å². The Morgan fingerprint density at radius 2 is 2.05 bits per heavy atom. The molecule has 0 bridgehead atoms. The summed E-state index contributed by atoms with van der Waals surface area (Å²) in [6.07, 6.45) is 5.65. The zero-order valence-corrected chi connectivity index (χ0v) is 13.5. The average Bonchev–Trinajstić information content (AvgIpc) is 2.88. The molecule has 1 aromatic rings. The van der Waals surface area contributed by atoms with Gasteiger partial charge in [-0.05, 0) is 19.3 Å². The maximum absolute atomic E-state index is 12.2. The largest absolute Gasteiger partial charge is 0.458 e. The third kappa shape index (κ3) is 3.79. The van der Waals surface area contributed by atoms with Gasteiger partial charge in [0.15, 0.2) is 0 Å². The lowest BCUT2D eigenvalue weighted by atomic mass is 9.95. The molecule has 1 aliphatic carbocycles. The molecule has 0 unspecified atom stereocenters. The molecule has 0 amide bonds. The van der Waals surface area contributed by atoms with Crippen molar-refractivity contribution in [3.05, 3.63) is 16.1 Å². The molecule has 1 fully saturated rings. The predicted octanol–water partition coefficient (Wildman–Crippen LogP) is 3.56. The molecular formula is C15H23NO3S. The van der Waals surface area contributed by atoms with E-state index in [9.17, 15) is 4.79 Å². The average molecular weight is 297 g/mol. The second-order valence-corrected chi connectivity index (χ2v) is 7.36. The van der Waals surface area contributed by atoms with Crippen LogP contribution in [-0.4, -0.2) is 30.3 Å². The second-order valence-electron chi connectivity index (χ2n) is 6.33. The van der Waals surface area contributed by atoms with Crippen molar-refractivity contribution in [2.75, 3.05) is 7.11 Å². The van der Waals surface area contributed by atoms with Gasteiger partial charge >= 0.3 is 5.97 Å². The van der Waals surface area contributed by atoms with Crippen LogP contribution in [-0.2, 0) is 14.9 Å². The highest BCUT2D eigenvalue weighted by Gasteiger charge is 2.27. The molecule has 4 nitrogen and oxygen atoms in total. The van der Waals surface area contributed by atoms with Crippen molar-refractivity contribution >= 4 is 17.3 Å². The molecule has 2 rings (SSSR count). The molecule has 0 aromatic carbocycles. The molecule has 2 atom stereocenters. The van der Waals surface area contributed by atoms with Crippen LogP contribution in [0, 0.1) is 0 Å². The first-order chi connectivity index (χ1) is 9.40. The number of nitrogens with zero attached hydrogens (tertiary/aromatic N) is 1. The maximum Gasteiger partial charge on any atom is 0.350 e. The van der Waals surface area contributed by atoms with Crippen LogP contribution >= 0.6 is 11.3 Å². The standard InChI is InChI=1S/C15H23NO3S/c1-15(2,3)14-16-9-12(20-14)13(17)19-11-7-5-6-10(8-11)18-4/h9-11H,5-8H2,1-4H3/t10-,11-/m1/s1. The number of rotatable bonds is 3. The minimum absolute atomic E-state index is 0.0265. The number of carbonyl (C=O) groups excluding carboxylic acids is 1. The van der Waals surface area contributed by atoms with E-state index in [0.717, 1.165) is 30.7 Å². The van der Waals surface area contributed by atoms with Crippen LogP contribution in [0.2, 0.25) is 0 Å². The summed E-state index contributed by atoms with van der Waals surface area (Å²) in [5.74, 6) is -0.250. The monoisotopic (exact) mass is 297 g/mol. The fourth-order valence-electron chi connectivity index (χ4n) is 2.35. The SMILES string of the molecule is CO[C@@H]1CCC[C@@H](OC(=O)c2cnc(C(C)(C)C)s2)C1. The number of ether oxygens (including phenoxy) is 2. The van der Waals surface area contributed by atoms with E-state index in [1.165, 1.54) is 11.3 Å². The number of aromatic nitrogens is 1. The number of esters is 1. The molecule has 0 spiro atoms. The van der Waals surface area contributed by atoms with Gasteiger partial charge in [-0.1, -0.05) is 20.8 Å². The van der Waals surface area contributed by atoms with Crippen molar-refractivity contribution < 1.29 is 14.3 Å². The first-order valence-corrected chi connectivity index (χ1v) is 7.92. The zero-order chi connectivity index (χ0) is 14.8. The smallest absolute Gasteiger partial charge is 0.350 e. The molecule has 5 heteroatoms. The summed E-state index contributed by atoms with van der Waals surface area (Å²) < 4.78 is 10.9. The Morgan fingerprint density at radius 3 is 2.65 bits per heavy atom. The van der Waals surface area contributed by atoms with Gasteiger partial charge in [0.05, 0.1) is 17.3 Å². The molecule has 1 saturated carbocycles. The van der Waals surface area contributed by atoms with Crippen LogP contribution in [0.25, 0.3) is 0 Å². The van der Waals surface area contributed by atoms with Crippen LogP contribution in [0.15, 0.2) is 6.20 Å². The molecule has 1 aliphatic rings. The fraction of sp³-hybridized carbons (Fsp3) is 0.733. The summed E-state index contributed by atoms with van der Waals surface area (Å²) in [6.45, 7) is 6.27. The Balaban J connectivity index is 1.96. The van der Waals surface area contributed by atoms with Crippen molar-refractivity contribution in [3.8, 4) is 0 Å². The van der Waals surface area contributed by atoms with Crippen LogP contribution in [0.3, 0.4) is 0 Å². The molecule has 1 heterocycles. The summed E-state index contributed by atoms with van der Waals surface area (Å²) in [7, 11) is 1.72. The third-order valence-corrected chi connectivity index (χ3v) is 4.94. The summed E-state index contributed by atoms with van der Waals surface area (Å²) in [5, 5.41) is 0.961. The van der Waals surface area contributed by atoms with Crippen LogP contribution in [0.4, 0.5) is 0 Å². The van der Waals surface area contributed by atoms with E-state index in [1.807, 2.05) is 0 Å². The fourth-order valence-corrected chi connectivity index (χ4v) is 3.20. The number of hydrogen-bond donors (Lipinski definition) is 0. The van der Waals surface area contributed by atoms with Gasteiger partial charge in [-0.2, -0.15) is 0 Å². The van der Waals surface area contributed by atoms with Crippen LogP contribution < -0.4 is 0 Å². The van der Waals surface area contributed by atoms with Gasteiger partial charge in [-0.3, -0.25) is 0 Å².